The number of benzene rings is 1. The van der Waals surface area contributed by atoms with E-state index in [1.54, 1.807) is 12.1 Å². The maximum atomic E-state index is 11.9. The number of ether oxygens (including phenoxy) is 1. The first-order chi connectivity index (χ1) is 8.48. The van der Waals surface area contributed by atoms with Gasteiger partial charge in [-0.25, -0.2) is 4.79 Å². The third-order valence-electron chi connectivity index (χ3n) is 3.15. The first-order valence-corrected chi connectivity index (χ1v) is 5.93. The van der Waals surface area contributed by atoms with Gasteiger partial charge in [-0.1, -0.05) is 12.1 Å². The predicted molar refractivity (Wildman–Crippen MR) is 71.0 cm³/mol. The summed E-state index contributed by atoms with van der Waals surface area (Å²) in [6.45, 7) is 5.91. The van der Waals surface area contributed by atoms with Crippen molar-refractivity contribution in [2.24, 2.45) is 0 Å². The molecule has 0 amide bonds. The Balaban J connectivity index is 2.46. The lowest BCUT2D eigenvalue weighted by Gasteiger charge is -2.28. The summed E-state index contributed by atoms with van der Waals surface area (Å²) < 4.78 is 11.3. The van der Waals surface area contributed by atoms with Crippen LogP contribution >= 0.6 is 0 Å². The van der Waals surface area contributed by atoms with Gasteiger partial charge in [0.1, 0.15) is 22.5 Å². The Morgan fingerprint density at radius 2 is 2.00 bits per heavy atom. The Bertz CT molecular complexity index is 720. The van der Waals surface area contributed by atoms with E-state index in [4.69, 9.17) is 9.15 Å². The summed E-state index contributed by atoms with van der Waals surface area (Å²) >= 11 is 0. The zero-order valence-corrected chi connectivity index (χ0v) is 10.6. The van der Waals surface area contributed by atoms with Crippen molar-refractivity contribution in [1.29, 1.82) is 0 Å². The lowest BCUT2D eigenvalue weighted by Crippen LogP contribution is -2.29. The first kappa shape index (κ1) is 11.1. The normalized spacial score (nSPS) is 16.4. The average Bonchev–Trinajstić information content (AvgIpc) is 2.27. The highest BCUT2D eigenvalue weighted by molar-refractivity contribution is 5.90. The van der Waals surface area contributed by atoms with Gasteiger partial charge >= 0.3 is 5.63 Å². The zero-order valence-electron chi connectivity index (χ0n) is 10.6. The molecule has 2 aromatic rings. The molecule has 3 nitrogen and oxygen atoms in total. The quantitative estimate of drug-likeness (QED) is 0.665. The number of aryl methyl sites for hydroxylation is 1. The van der Waals surface area contributed by atoms with Gasteiger partial charge in [-0.2, -0.15) is 0 Å². The van der Waals surface area contributed by atoms with Crippen molar-refractivity contribution in [3.63, 3.8) is 0 Å². The van der Waals surface area contributed by atoms with Crippen LogP contribution in [0, 0.1) is 6.92 Å². The lowest BCUT2D eigenvalue weighted by molar-refractivity contribution is 0.160. The molecule has 0 N–H and O–H groups in total. The second kappa shape index (κ2) is 3.48. The van der Waals surface area contributed by atoms with Crippen molar-refractivity contribution in [1.82, 2.24) is 0 Å². The molecule has 1 aromatic heterocycles. The highest BCUT2D eigenvalue weighted by Crippen LogP contribution is 2.36. The Hall–Kier alpha value is -2.03. The molecule has 92 valence electrons. The third kappa shape index (κ3) is 1.55. The number of rotatable bonds is 0. The van der Waals surface area contributed by atoms with Crippen LogP contribution in [0.1, 0.15) is 25.0 Å². The Morgan fingerprint density at radius 1 is 1.22 bits per heavy atom. The molecule has 0 spiro atoms. The largest absolute Gasteiger partial charge is 0.482 e. The van der Waals surface area contributed by atoms with Crippen LogP contribution < -0.4 is 10.4 Å². The maximum Gasteiger partial charge on any atom is 0.347 e. The minimum absolute atomic E-state index is 0.352. The lowest BCUT2D eigenvalue weighted by atomic mass is 10.0. The van der Waals surface area contributed by atoms with E-state index >= 15 is 0 Å². The number of hydrogen-bond donors (Lipinski definition) is 0. The van der Waals surface area contributed by atoms with E-state index in [0.717, 1.165) is 10.9 Å². The fraction of sp³-hybridized carbons (Fsp3) is 0.267. The van der Waals surface area contributed by atoms with Crippen LogP contribution in [0.3, 0.4) is 0 Å². The highest BCUT2D eigenvalue weighted by Gasteiger charge is 2.26. The van der Waals surface area contributed by atoms with Crippen LogP contribution in [-0.4, -0.2) is 5.60 Å². The SMILES string of the molecule is Cc1cccc2oc(=O)c3c(c12)OC(C)(C)C=C3. The third-order valence-corrected chi connectivity index (χ3v) is 3.15. The summed E-state index contributed by atoms with van der Waals surface area (Å²) in [5.41, 5.74) is 1.35. The van der Waals surface area contributed by atoms with E-state index in [-0.39, 0.29) is 5.63 Å². The van der Waals surface area contributed by atoms with Gasteiger partial charge in [0, 0.05) is 0 Å². The molecule has 0 fully saturated rings. The van der Waals surface area contributed by atoms with Crippen LogP contribution in [0.15, 0.2) is 33.5 Å². The molecule has 1 aromatic carbocycles. The zero-order chi connectivity index (χ0) is 12.9. The summed E-state index contributed by atoms with van der Waals surface area (Å²) in [5.74, 6) is 0.631. The van der Waals surface area contributed by atoms with Gasteiger partial charge in [0.15, 0.2) is 0 Å². The fourth-order valence-corrected chi connectivity index (χ4v) is 2.23. The predicted octanol–water partition coefficient (Wildman–Crippen LogP) is 3.29. The molecule has 0 aliphatic carbocycles. The smallest absolute Gasteiger partial charge is 0.347 e. The molecule has 3 rings (SSSR count). The van der Waals surface area contributed by atoms with Crippen LogP contribution in [0.25, 0.3) is 17.0 Å². The van der Waals surface area contributed by atoms with Crippen molar-refractivity contribution in [2.45, 2.75) is 26.4 Å². The topological polar surface area (TPSA) is 39.4 Å². The summed E-state index contributed by atoms with van der Waals surface area (Å²) in [6.07, 6.45) is 3.66. The van der Waals surface area contributed by atoms with Crippen molar-refractivity contribution in [3.8, 4) is 5.75 Å². The monoisotopic (exact) mass is 242 g/mol. The van der Waals surface area contributed by atoms with Gasteiger partial charge in [-0.15, -0.1) is 0 Å². The molecule has 0 saturated heterocycles. The second-order valence-corrected chi connectivity index (χ2v) is 5.12. The van der Waals surface area contributed by atoms with E-state index in [1.807, 2.05) is 39.0 Å². The van der Waals surface area contributed by atoms with Gasteiger partial charge in [-0.05, 0) is 44.6 Å². The standard InChI is InChI=1S/C15H14O3/c1-9-5-4-6-11-12(9)13-10(14(16)17-11)7-8-15(2,3)18-13/h4-8H,1-3H3. The van der Waals surface area contributed by atoms with E-state index in [0.29, 0.717) is 16.9 Å². The molecule has 1 aliphatic rings. The minimum atomic E-state index is -0.407. The van der Waals surface area contributed by atoms with Gasteiger partial charge in [0.05, 0.1) is 5.39 Å². The van der Waals surface area contributed by atoms with Gasteiger partial charge in [0.25, 0.3) is 0 Å². The van der Waals surface area contributed by atoms with Crippen molar-refractivity contribution in [2.75, 3.05) is 0 Å². The second-order valence-electron chi connectivity index (χ2n) is 5.12. The van der Waals surface area contributed by atoms with Gasteiger partial charge in [-0.3, -0.25) is 0 Å². The molecule has 0 radical (unpaired) electrons. The highest BCUT2D eigenvalue weighted by atomic mass is 16.5. The van der Waals surface area contributed by atoms with E-state index in [2.05, 4.69) is 0 Å². The molecule has 3 heteroatoms. The molecular formula is C15H14O3. The van der Waals surface area contributed by atoms with Gasteiger partial charge in [0.2, 0.25) is 0 Å². The molecule has 0 atom stereocenters. The molecule has 0 bridgehead atoms. The Kier molecular flexibility index (Phi) is 2.14. The maximum absolute atomic E-state index is 11.9. The average molecular weight is 242 g/mol. The number of hydrogen-bond acceptors (Lipinski definition) is 3. The van der Waals surface area contributed by atoms with Crippen molar-refractivity contribution < 1.29 is 9.15 Å². The molecule has 0 unspecified atom stereocenters. The van der Waals surface area contributed by atoms with Crippen LogP contribution in [0.4, 0.5) is 0 Å². The van der Waals surface area contributed by atoms with Crippen molar-refractivity contribution in [3.05, 3.63) is 45.8 Å². The van der Waals surface area contributed by atoms with E-state index in [1.165, 1.54) is 0 Å². The van der Waals surface area contributed by atoms with Gasteiger partial charge < -0.3 is 9.15 Å². The van der Waals surface area contributed by atoms with Crippen molar-refractivity contribution >= 4 is 17.0 Å². The summed E-state index contributed by atoms with van der Waals surface area (Å²) in [5, 5.41) is 0.879. The first-order valence-electron chi connectivity index (χ1n) is 5.93. The minimum Gasteiger partial charge on any atom is -0.482 e. The van der Waals surface area contributed by atoms with E-state index in [9.17, 15) is 4.79 Å². The van der Waals surface area contributed by atoms with E-state index < -0.39 is 5.60 Å². The Labute approximate surface area is 105 Å². The number of fused-ring (bicyclic) bond motifs is 3. The Morgan fingerprint density at radius 3 is 2.78 bits per heavy atom. The summed E-state index contributed by atoms with van der Waals surface area (Å²) in [4.78, 5) is 11.9. The van der Waals surface area contributed by atoms with Crippen LogP contribution in [0.5, 0.6) is 5.75 Å². The fourth-order valence-electron chi connectivity index (χ4n) is 2.23. The molecule has 0 saturated carbocycles. The van der Waals surface area contributed by atoms with Crippen LogP contribution in [-0.2, 0) is 0 Å². The summed E-state index contributed by atoms with van der Waals surface area (Å²) in [7, 11) is 0. The van der Waals surface area contributed by atoms with Crippen LogP contribution in [0.2, 0.25) is 0 Å². The summed E-state index contributed by atoms with van der Waals surface area (Å²) in [6, 6.07) is 5.65. The molecule has 1 aliphatic heterocycles. The molecule has 2 heterocycles. The molecule has 18 heavy (non-hydrogen) atoms. The molecular weight excluding hydrogens is 228 g/mol.